The molecule has 2 saturated heterocycles. The van der Waals surface area contributed by atoms with Crippen LogP contribution in [0.25, 0.3) is 11.3 Å². The quantitative estimate of drug-likeness (QED) is 0.229. The number of nitriles is 1. The van der Waals surface area contributed by atoms with Gasteiger partial charge in [0.25, 0.3) is 10.2 Å². The van der Waals surface area contributed by atoms with E-state index >= 15 is 0 Å². The summed E-state index contributed by atoms with van der Waals surface area (Å²) in [6, 6.07) is 14.8. The molecule has 2 aromatic carbocycles. The summed E-state index contributed by atoms with van der Waals surface area (Å²) < 4.78 is 57.3. The second-order valence-corrected chi connectivity index (χ2v) is 12.8. The van der Waals surface area contributed by atoms with E-state index in [1.54, 1.807) is 37.6 Å². The molecule has 0 spiro atoms. The van der Waals surface area contributed by atoms with Crippen LogP contribution >= 0.6 is 0 Å². The Bertz CT molecular complexity index is 1620. The normalized spacial score (nSPS) is 16.4. The number of methoxy groups -OCH3 is 1. The maximum Gasteiger partial charge on any atom is 0.279 e. The van der Waals surface area contributed by atoms with Gasteiger partial charge in [-0.3, -0.25) is 0 Å². The van der Waals surface area contributed by atoms with Gasteiger partial charge in [0, 0.05) is 69.1 Å². The monoisotopic (exact) mass is 667 g/mol. The van der Waals surface area contributed by atoms with E-state index in [4.69, 9.17) is 23.7 Å². The van der Waals surface area contributed by atoms with E-state index in [9.17, 15) is 13.7 Å². The third-order valence-electron chi connectivity index (χ3n) is 7.75. The number of nitrogens with one attached hydrogen (secondary N) is 2. The van der Waals surface area contributed by atoms with E-state index in [0.29, 0.717) is 79.5 Å². The van der Waals surface area contributed by atoms with Crippen molar-refractivity contribution in [2.24, 2.45) is 0 Å². The van der Waals surface area contributed by atoms with Crippen LogP contribution in [0.1, 0.15) is 18.4 Å². The lowest BCUT2D eigenvalue weighted by atomic mass is 10.1. The summed E-state index contributed by atoms with van der Waals surface area (Å²) in [5, 5.41) is 13.0. The molecule has 252 valence electrons. The molecule has 0 saturated carbocycles. The van der Waals surface area contributed by atoms with Crippen LogP contribution in [0.15, 0.2) is 48.7 Å². The first-order chi connectivity index (χ1) is 22.8. The molecule has 2 aliphatic heterocycles. The summed E-state index contributed by atoms with van der Waals surface area (Å²) in [5.41, 5.74) is 2.55. The van der Waals surface area contributed by atoms with Gasteiger partial charge in [0.15, 0.2) is 11.5 Å². The molecule has 15 heteroatoms. The third-order valence-corrected chi connectivity index (χ3v) is 9.37. The van der Waals surface area contributed by atoms with Crippen molar-refractivity contribution in [3.8, 4) is 34.6 Å². The second-order valence-electron chi connectivity index (χ2n) is 11.1. The Balaban J connectivity index is 1.10. The first-order valence-corrected chi connectivity index (χ1v) is 17.0. The zero-order chi connectivity index (χ0) is 33.1. The van der Waals surface area contributed by atoms with Gasteiger partial charge in [-0.2, -0.15) is 22.7 Å². The fourth-order valence-corrected chi connectivity index (χ4v) is 6.27. The Morgan fingerprint density at radius 3 is 2.55 bits per heavy atom. The highest BCUT2D eigenvalue weighted by Gasteiger charge is 2.25. The number of hydrogen-bond donors (Lipinski definition) is 2. The molecule has 0 unspecified atom stereocenters. The van der Waals surface area contributed by atoms with Gasteiger partial charge in [-0.1, -0.05) is 0 Å². The van der Waals surface area contributed by atoms with E-state index in [1.807, 2.05) is 25.2 Å². The summed E-state index contributed by atoms with van der Waals surface area (Å²) in [6.07, 6.45) is 3.28. The number of ether oxygens (including phenoxy) is 5. The average molecular weight is 668 g/mol. The van der Waals surface area contributed by atoms with Crippen molar-refractivity contribution < 1.29 is 32.1 Å². The van der Waals surface area contributed by atoms with Crippen molar-refractivity contribution in [1.29, 1.82) is 5.26 Å². The summed E-state index contributed by atoms with van der Waals surface area (Å²) >= 11 is 0. The molecule has 5 rings (SSSR count). The minimum absolute atomic E-state index is 0.0340. The molecule has 47 heavy (non-hydrogen) atoms. The minimum Gasteiger partial charge on any atom is -0.493 e. The van der Waals surface area contributed by atoms with Crippen LogP contribution in [-0.2, 0) is 19.7 Å². The number of aromatic nitrogens is 2. The highest BCUT2D eigenvalue weighted by molar-refractivity contribution is 7.87. The van der Waals surface area contributed by atoms with Crippen molar-refractivity contribution in [3.63, 3.8) is 0 Å². The molecule has 2 N–H and O–H groups in total. The summed E-state index contributed by atoms with van der Waals surface area (Å²) in [6.45, 7) is 4.62. The van der Waals surface area contributed by atoms with E-state index in [1.165, 1.54) is 4.31 Å². The van der Waals surface area contributed by atoms with Crippen LogP contribution in [0.3, 0.4) is 0 Å². The van der Waals surface area contributed by atoms with Gasteiger partial charge >= 0.3 is 0 Å². The Kier molecular flexibility index (Phi) is 12.2. The fraction of sp³-hybridized carbons (Fsp3) is 0.469. The van der Waals surface area contributed by atoms with Crippen molar-refractivity contribution in [3.05, 3.63) is 54.2 Å². The first kappa shape index (κ1) is 34.3. The Morgan fingerprint density at radius 2 is 1.79 bits per heavy atom. The van der Waals surface area contributed by atoms with Crippen molar-refractivity contribution in [2.75, 3.05) is 85.2 Å². The largest absolute Gasteiger partial charge is 0.493 e. The van der Waals surface area contributed by atoms with E-state index < -0.39 is 10.2 Å². The SMILES string of the molecule is COc1cc(Nc2nccc(-c3ccc(OC4CCOCC4)c(C#N)c3)n2)ccc1OCCOCCNS(=O)(=O)N1CCN(C)CC1. The lowest BCUT2D eigenvalue weighted by molar-refractivity contribution is 0.0254. The number of rotatable bonds is 15. The highest BCUT2D eigenvalue weighted by atomic mass is 32.2. The molecule has 1 aromatic heterocycles. The summed E-state index contributed by atoms with van der Waals surface area (Å²) in [5.74, 6) is 1.96. The van der Waals surface area contributed by atoms with Gasteiger partial charge < -0.3 is 33.9 Å². The van der Waals surface area contributed by atoms with Crippen LogP contribution in [0.5, 0.6) is 17.2 Å². The second kappa shape index (κ2) is 16.7. The van der Waals surface area contributed by atoms with Crippen LogP contribution in [0.2, 0.25) is 0 Å². The zero-order valence-corrected chi connectivity index (χ0v) is 27.5. The topological polar surface area (TPSA) is 160 Å². The van der Waals surface area contributed by atoms with Crippen LogP contribution in [0, 0.1) is 11.3 Å². The fourth-order valence-electron chi connectivity index (χ4n) is 5.10. The van der Waals surface area contributed by atoms with Crippen molar-refractivity contribution >= 4 is 21.8 Å². The molecule has 0 radical (unpaired) electrons. The van der Waals surface area contributed by atoms with Gasteiger partial charge in [0.1, 0.15) is 24.5 Å². The molecule has 0 bridgehead atoms. The Hall–Kier alpha value is -4.04. The van der Waals surface area contributed by atoms with Gasteiger partial charge in [0.05, 0.1) is 44.8 Å². The molecule has 2 fully saturated rings. The van der Waals surface area contributed by atoms with Crippen molar-refractivity contribution in [1.82, 2.24) is 23.9 Å². The molecule has 0 amide bonds. The number of nitrogens with zero attached hydrogens (tertiary/aromatic N) is 5. The van der Waals surface area contributed by atoms with Gasteiger partial charge in [-0.25, -0.2) is 9.97 Å². The Morgan fingerprint density at radius 1 is 1.00 bits per heavy atom. The molecular weight excluding hydrogens is 626 g/mol. The van der Waals surface area contributed by atoms with Crippen LogP contribution < -0.4 is 24.2 Å². The summed E-state index contributed by atoms with van der Waals surface area (Å²) in [7, 11) is 0.0155. The third kappa shape index (κ3) is 9.74. The van der Waals surface area contributed by atoms with Gasteiger partial charge in [-0.15, -0.1) is 0 Å². The molecule has 0 atom stereocenters. The molecular formula is C32H41N7O7S. The number of benzene rings is 2. The van der Waals surface area contributed by atoms with E-state index in [0.717, 1.165) is 18.4 Å². The van der Waals surface area contributed by atoms with Crippen LogP contribution in [-0.4, -0.2) is 114 Å². The minimum atomic E-state index is -3.51. The smallest absolute Gasteiger partial charge is 0.279 e. The molecule has 3 aromatic rings. The standard InChI is InChI=1S/C32H41N7O7S/c1-38-12-14-39(15-13-38)47(40,41)35-11-18-44-19-20-45-30-6-4-26(22-31(30)42-2)36-32-34-10-7-28(37-32)24-3-5-29(25(21-24)23-33)46-27-8-16-43-17-9-27/h3-7,10,21-22,27,35H,8-9,11-20H2,1-2H3,(H,34,36,37). The molecule has 0 aliphatic carbocycles. The van der Waals surface area contributed by atoms with E-state index in [-0.39, 0.29) is 32.5 Å². The predicted octanol–water partition coefficient (Wildman–Crippen LogP) is 2.80. The number of likely N-dealkylation sites (N-methyl/N-ethyl adjacent to an activating group) is 1. The summed E-state index contributed by atoms with van der Waals surface area (Å²) in [4.78, 5) is 11.1. The van der Waals surface area contributed by atoms with Gasteiger partial charge in [-0.05, 0) is 43.4 Å². The first-order valence-electron chi connectivity index (χ1n) is 15.6. The number of hydrogen-bond acceptors (Lipinski definition) is 12. The maximum atomic E-state index is 12.4. The molecule has 14 nitrogen and oxygen atoms in total. The number of anilines is 2. The van der Waals surface area contributed by atoms with Gasteiger partial charge in [0.2, 0.25) is 5.95 Å². The number of piperazine rings is 1. The molecule has 3 heterocycles. The lowest BCUT2D eigenvalue weighted by Crippen LogP contribution is -2.51. The average Bonchev–Trinajstić information content (AvgIpc) is 3.09. The predicted molar refractivity (Wildman–Crippen MR) is 175 cm³/mol. The highest BCUT2D eigenvalue weighted by Crippen LogP contribution is 2.32. The van der Waals surface area contributed by atoms with E-state index in [2.05, 4.69) is 31.0 Å². The van der Waals surface area contributed by atoms with Crippen molar-refractivity contribution in [2.45, 2.75) is 18.9 Å². The molecule has 2 aliphatic rings. The van der Waals surface area contributed by atoms with Crippen LogP contribution in [0.4, 0.5) is 11.6 Å². The maximum absolute atomic E-state index is 12.4. The zero-order valence-electron chi connectivity index (χ0n) is 26.7. The Labute approximate surface area is 275 Å². The lowest BCUT2D eigenvalue weighted by Gasteiger charge is -2.31.